The fraction of sp³-hybridized carbons (Fsp3) is 0.244. The van der Waals surface area contributed by atoms with Crippen LogP contribution in [0.15, 0.2) is 128 Å². The Balaban J connectivity index is 0.000000372. The van der Waals surface area contributed by atoms with Crippen LogP contribution in [0.4, 0.5) is 0 Å². The van der Waals surface area contributed by atoms with Gasteiger partial charge in [-0.1, -0.05) is 152 Å². The summed E-state index contributed by atoms with van der Waals surface area (Å²) in [4.78, 5) is 20.4. The van der Waals surface area contributed by atoms with Crippen molar-refractivity contribution < 1.29 is 9.90 Å². The molecule has 4 heteroatoms. The van der Waals surface area contributed by atoms with E-state index in [2.05, 4.69) is 52.4 Å². The van der Waals surface area contributed by atoms with Gasteiger partial charge in [-0.05, 0) is 53.3 Å². The molecular formula is C41H50N2O2. The molecule has 0 saturated carbocycles. The Morgan fingerprint density at radius 2 is 1.00 bits per heavy atom. The van der Waals surface area contributed by atoms with Crippen molar-refractivity contribution in [2.45, 2.75) is 68.2 Å². The van der Waals surface area contributed by atoms with Crippen LogP contribution in [0, 0.1) is 0 Å². The number of aromatic nitrogens is 2. The second-order valence-electron chi connectivity index (χ2n) is 8.84. The Kier molecular flexibility index (Phi) is 19.2. The largest absolute Gasteiger partial charge is 0.478 e. The predicted octanol–water partition coefficient (Wildman–Crippen LogP) is 11.5. The highest BCUT2D eigenvalue weighted by Crippen LogP contribution is 2.23. The number of para-hydroxylation sites is 2. The Morgan fingerprint density at radius 3 is 1.58 bits per heavy atom. The lowest BCUT2D eigenvalue weighted by Crippen LogP contribution is -2.05. The second-order valence-corrected chi connectivity index (χ2v) is 8.84. The average Bonchev–Trinajstić information content (AvgIpc) is 3.12. The third-order valence-corrected chi connectivity index (χ3v) is 6.20. The van der Waals surface area contributed by atoms with Crippen LogP contribution in [0.2, 0.25) is 0 Å². The topological polar surface area (TPSA) is 63.1 Å². The van der Waals surface area contributed by atoms with Crippen LogP contribution >= 0.6 is 0 Å². The summed E-state index contributed by atoms with van der Waals surface area (Å²) in [7, 11) is 0. The lowest BCUT2D eigenvalue weighted by molar-refractivity contribution is 0.0698. The van der Waals surface area contributed by atoms with Gasteiger partial charge in [-0.15, -0.1) is 0 Å². The maximum atomic E-state index is 11.6. The number of rotatable bonds is 5. The van der Waals surface area contributed by atoms with Crippen molar-refractivity contribution in [1.29, 1.82) is 0 Å². The molecule has 0 atom stereocenters. The number of carbonyl (C=O) groups is 1. The zero-order valence-corrected chi connectivity index (χ0v) is 28.3. The Hall–Kier alpha value is -4.83. The third kappa shape index (κ3) is 12.0. The van der Waals surface area contributed by atoms with Gasteiger partial charge in [0.25, 0.3) is 0 Å². The molecule has 4 nitrogen and oxygen atoms in total. The minimum Gasteiger partial charge on any atom is -0.478 e. The van der Waals surface area contributed by atoms with Gasteiger partial charge in [0.2, 0.25) is 0 Å². The fourth-order valence-electron chi connectivity index (χ4n) is 4.43. The van der Waals surface area contributed by atoms with E-state index in [9.17, 15) is 9.90 Å². The highest BCUT2D eigenvalue weighted by atomic mass is 16.4. The number of pyridine rings is 2. The van der Waals surface area contributed by atoms with Crippen LogP contribution in [-0.2, 0) is 12.8 Å². The minimum atomic E-state index is -0.908. The fourth-order valence-corrected chi connectivity index (χ4v) is 4.43. The van der Waals surface area contributed by atoms with Crippen LogP contribution < -0.4 is 0 Å². The minimum absolute atomic E-state index is 0.347. The van der Waals surface area contributed by atoms with Crippen LogP contribution in [0.3, 0.4) is 0 Å². The summed E-state index contributed by atoms with van der Waals surface area (Å²) in [6.45, 7) is 16.0. The second kappa shape index (κ2) is 22.7. The molecule has 0 fully saturated rings. The molecule has 1 N–H and O–H groups in total. The molecule has 0 spiro atoms. The van der Waals surface area contributed by atoms with Crippen LogP contribution in [0.1, 0.15) is 88.0 Å². The van der Waals surface area contributed by atoms with E-state index in [1.54, 1.807) is 12.3 Å². The highest BCUT2D eigenvalue weighted by Gasteiger charge is 2.15. The first kappa shape index (κ1) is 38.2. The van der Waals surface area contributed by atoms with Crippen molar-refractivity contribution in [1.82, 2.24) is 9.97 Å². The van der Waals surface area contributed by atoms with Gasteiger partial charge in [0.1, 0.15) is 0 Å². The molecule has 236 valence electrons. The van der Waals surface area contributed by atoms with Crippen molar-refractivity contribution in [3.8, 4) is 0 Å². The first-order valence-corrected chi connectivity index (χ1v) is 16.2. The molecule has 6 rings (SSSR count). The number of aromatic carboxylic acids is 1. The van der Waals surface area contributed by atoms with Crippen LogP contribution in [0.5, 0.6) is 0 Å². The van der Waals surface area contributed by atoms with Crippen LogP contribution in [-0.4, -0.2) is 21.0 Å². The number of carboxylic acids is 1. The van der Waals surface area contributed by atoms with Crippen molar-refractivity contribution in [2.24, 2.45) is 0 Å². The van der Waals surface area contributed by atoms with E-state index in [-0.39, 0.29) is 0 Å². The first-order chi connectivity index (χ1) is 22.2. The predicted molar refractivity (Wildman–Crippen MR) is 194 cm³/mol. The molecule has 0 unspecified atom stereocenters. The monoisotopic (exact) mass is 602 g/mol. The number of benzene rings is 4. The van der Waals surface area contributed by atoms with Crippen LogP contribution in [0.25, 0.3) is 21.8 Å². The van der Waals surface area contributed by atoms with E-state index in [4.69, 9.17) is 0 Å². The first-order valence-electron chi connectivity index (χ1n) is 16.2. The maximum Gasteiger partial charge on any atom is 0.336 e. The van der Waals surface area contributed by atoms with E-state index in [0.29, 0.717) is 22.9 Å². The SMILES string of the molecule is CC.CC.CC.CC.O=C(O)c1c(Cc2ccccc2)cnc2ccccc12.c1ccc(Cc2cnc3ccccc3c2)cc1. The van der Waals surface area contributed by atoms with Crippen molar-refractivity contribution in [3.63, 3.8) is 0 Å². The molecular weight excluding hydrogens is 552 g/mol. The molecule has 0 amide bonds. The van der Waals surface area contributed by atoms with E-state index >= 15 is 0 Å². The zero-order chi connectivity index (χ0) is 33.5. The number of carboxylic acid groups (broad SMARTS) is 1. The lowest BCUT2D eigenvalue weighted by atomic mass is 9.98. The molecule has 0 aliphatic heterocycles. The molecule has 0 saturated heterocycles. The molecule has 2 aromatic heterocycles. The molecule has 4 aromatic carbocycles. The van der Waals surface area contributed by atoms with Crippen molar-refractivity contribution in [3.05, 3.63) is 155 Å². The highest BCUT2D eigenvalue weighted by molar-refractivity contribution is 6.03. The quantitative estimate of drug-likeness (QED) is 0.213. The molecule has 0 bridgehead atoms. The molecule has 45 heavy (non-hydrogen) atoms. The summed E-state index contributed by atoms with van der Waals surface area (Å²) in [6, 6.07) is 38.1. The average molecular weight is 603 g/mol. The summed E-state index contributed by atoms with van der Waals surface area (Å²) in [5.41, 5.74) is 6.51. The molecule has 0 aliphatic carbocycles. The summed E-state index contributed by atoms with van der Waals surface area (Å²) >= 11 is 0. The molecule has 0 aliphatic rings. The number of hydrogen-bond donors (Lipinski definition) is 1. The Morgan fingerprint density at radius 1 is 0.533 bits per heavy atom. The summed E-state index contributed by atoms with van der Waals surface area (Å²) < 4.78 is 0. The third-order valence-electron chi connectivity index (χ3n) is 6.20. The van der Waals surface area contributed by atoms with E-state index < -0.39 is 5.97 Å². The van der Waals surface area contributed by atoms with Gasteiger partial charge in [0.15, 0.2) is 0 Å². The van der Waals surface area contributed by atoms with E-state index in [1.807, 2.05) is 128 Å². The van der Waals surface area contributed by atoms with Gasteiger partial charge in [-0.3, -0.25) is 9.97 Å². The standard InChI is InChI=1S/C17H13NO2.C16H13N.4C2H6/c19-17(20)16-13(10-12-6-2-1-3-7-12)11-18-15-9-5-4-8-14(15)16;1-2-6-13(7-3-1)10-14-11-15-8-4-5-9-16(15)17-12-14;4*1-2/h1-9,11H,10H2,(H,19,20);1-9,11-12H,10H2;4*1-2H3. The van der Waals surface area contributed by atoms with Gasteiger partial charge < -0.3 is 5.11 Å². The zero-order valence-electron chi connectivity index (χ0n) is 28.3. The molecule has 0 radical (unpaired) electrons. The van der Waals surface area contributed by atoms with Gasteiger partial charge in [0, 0.05) is 23.2 Å². The smallest absolute Gasteiger partial charge is 0.336 e. The number of hydrogen-bond acceptors (Lipinski definition) is 3. The summed E-state index contributed by atoms with van der Waals surface area (Å²) in [6.07, 6.45) is 5.15. The van der Waals surface area contributed by atoms with E-state index in [0.717, 1.165) is 23.1 Å². The number of fused-ring (bicyclic) bond motifs is 2. The normalized spacial score (nSPS) is 9.24. The summed E-state index contributed by atoms with van der Waals surface area (Å²) in [5.74, 6) is -0.908. The maximum absolute atomic E-state index is 11.6. The Labute approximate surface area is 270 Å². The molecule has 2 heterocycles. The summed E-state index contributed by atoms with van der Waals surface area (Å²) in [5, 5.41) is 11.4. The van der Waals surface area contributed by atoms with Crippen molar-refractivity contribution in [2.75, 3.05) is 0 Å². The van der Waals surface area contributed by atoms with Gasteiger partial charge >= 0.3 is 5.97 Å². The number of nitrogens with zero attached hydrogens (tertiary/aromatic N) is 2. The van der Waals surface area contributed by atoms with Gasteiger partial charge in [0.05, 0.1) is 16.6 Å². The molecule has 6 aromatic rings. The van der Waals surface area contributed by atoms with Crippen molar-refractivity contribution >= 4 is 27.8 Å². The lowest BCUT2D eigenvalue weighted by Gasteiger charge is -2.09. The van der Waals surface area contributed by atoms with Gasteiger partial charge in [-0.2, -0.15) is 0 Å². The van der Waals surface area contributed by atoms with Gasteiger partial charge in [-0.25, -0.2) is 4.79 Å². The van der Waals surface area contributed by atoms with E-state index in [1.165, 1.54) is 16.5 Å². The Bertz CT molecular complexity index is 1650.